The summed E-state index contributed by atoms with van der Waals surface area (Å²) in [6.07, 6.45) is 0. The SMILES string of the molecule is NC(=S)CN1CCN(Cc2ccc(F)cc2F)CC1. The normalized spacial score (nSPS) is 17.6. The molecule has 19 heavy (non-hydrogen) atoms. The summed E-state index contributed by atoms with van der Waals surface area (Å²) in [7, 11) is 0. The monoisotopic (exact) mass is 285 g/mol. The van der Waals surface area contributed by atoms with E-state index in [1.165, 1.54) is 12.1 Å². The number of hydrogen-bond donors (Lipinski definition) is 1. The van der Waals surface area contributed by atoms with Crippen LogP contribution < -0.4 is 5.73 Å². The van der Waals surface area contributed by atoms with Crippen LogP contribution in [0.25, 0.3) is 0 Å². The lowest BCUT2D eigenvalue weighted by Gasteiger charge is -2.34. The minimum atomic E-state index is -0.539. The van der Waals surface area contributed by atoms with E-state index in [-0.39, 0.29) is 0 Å². The molecule has 1 saturated heterocycles. The van der Waals surface area contributed by atoms with E-state index in [2.05, 4.69) is 9.80 Å². The van der Waals surface area contributed by atoms with Crippen LogP contribution in [0.15, 0.2) is 18.2 Å². The van der Waals surface area contributed by atoms with Crippen molar-refractivity contribution < 1.29 is 8.78 Å². The highest BCUT2D eigenvalue weighted by molar-refractivity contribution is 7.80. The summed E-state index contributed by atoms with van der Waals surface area (Å²) >= 11 is 4.88. The maximum Gasteiger partial charge on any atom is 0.130 e. The van der Waals surface area contributed by atoms with Gasteiger partial charge < -0.3 is 5.73 Å². The number of nitrogens with zero attached hydrogens (tertiary/aromatic N) is 2. The van der Waals surface area contributed by atoms with E-state index in [1.807, 2.05) is 0 Å². The molecule has 0 radical (unpaired) electrons. The summed E-state index contributed by atoms with van der Waals surface area (Å²) in [5.74, 6) is -1.02. The Morgan fingerprint density at radius 1 is 1.16 bits per heavy atom. The molecule has 6 heteroatoms. The molecule has 0 atom stereocenters. The molecular formula is C13H17F2N3S. The van der Waals surface area contributed by atoms with E-state index in [9.17, 15) is 8.78 Å². The first-order valence-electron chi connectivity index (χ1n) is 6.21. The lowest BCUT2D eigenvalue weighted by molar-refractivity contribution is 0.139. The highest BCUT2D eigenvalue weighted by Gasteiger charge is 2.18. The van der Waals surface area contributed by atoms with Crippen molar-refractivity contribution in [3.63, 3.8) is 0 Å². The van der Waals surface area contributed by atoms with Gasteiger partial charge in [-0.1, -0.05) is 18.3 Å². The van der Waals surface area contributed by atoms with E-state index in [4.69, 9.17) is 18.0 Å². The van der Waals surface area contributed by atoms with Gasteiger partial charge in [-0.3, -0.25) is 9.80 Å². The smallest absolute Gasteiger partial charge is 0.130 e. The van der Waals surface area contributed by atoms with Crippen LogP contribution in [-0.2, 0) is 6.54 Å². The van der Waals surface area contributed by atoms with Gasteiger partial charge in [-0.05, 0) is 6.07 Å². The topological polar surface area (TPSA) is 32.5 Å². The predicted octanol–water partition coefficient (Wildman–Crippen LogP) is 1.37. The molecule has 0 amide bonds. The van der Waals surface area contributed by atoms with E-state index < -0.39 is 11.6 Å². The standard InChI is InChI=1S/C13H17F2N3S/c14-11-2-1-10(12(15)7-11)8-17-3-5-18(6-4-17)9-13(16)19/h1-2,7H,3-6,8-9H2,(H2,16,19). The Kier molecular flexibility index (Phi) is 4.79. The second kappa shape index (κ2) is 6.36. The van der Waals surface area contributed by atoms with Crippen molar-refractivity contribution in [2.24, 2.45) is 5.73 Å². The molecule has 0 aliphatic carbocycles. The van der Waals surface area contributed by atoms with Gasteiger partial charge in [0.15, 0.2) is 0 Å². The molecule has 1 aromatic rings. The summed E-state index contributed by atoms with van der Waals surface area (Å²) < 4.78 is 26.4. The van der Waals surface area contributed by atoms with Crippen molar-refractivity contribution in [1.29, 1.82) is 0 Å². The first kappa shape index (κ1) is 14.3. The lowest BCUT2D eigenvalue weighted by Crippen LogP contribution is -2.48. The van der Waals surface area contributed by atoms with Gasteiger partial charge in [0.05, 0.1) is 4.99 Å². The molecule has 1 fully saturated rings. The van der Waals surface area contributed by atoms with Gasteiger partial charge in [0.1, 0.15) is 11.6 Å². The average molecular weight is 285 g/mol. The number of halogens is 2. The molecule has 0 unspecified atom stereocenters. The fourth-order valence-corrected chi connectivity index (χ4v) is 2.40. The summed E-state index contributed by atoms with van der Waals surface area (Å²) in [5.41, 5.74) is 6.04. The van der Waals surface area contributed by atoms with Crippen LogP contribution in [0.3, 0.4) is 0 Å². The van der Waals surface area contributed by atoms with Crippen molar-refractivity contribution in [2.75, 3.05) is 32.7 Å². The van der Waals surface area contributed by atoms with Gasteiger partial charge >= 0.3 is 0 Å². The van der Waals surface area contributed by atoms with E-state index >= 15 is 0 Å². The van der Waals surface area contributed by atoms with Crippen LogP contribution in [0.1, 0.15) is 5.56 Å². The van der Waals surface area contributed by atoms with E-state index in [0.717, 1.165) is 32.2 Å². The van der Waals surface area contributed by atoms with Gasteiger partial charge in [0, 0.05) is 50.9 Å². The quantitative estimate of drug-likeness (QED) is 0.847. The van der Waals surface area contributed by atoms with Crippen molar-refractivity contribution in [3.8, 4) is 0 Å². The fraction of sp³-hybridized carbons (Fsp3) is 0.462. The average Bonchev–Trinajstić information content (AvgIpc) is 2.34. The second-order valence-corrected chi connectivity index (χ2v) is 5.28. The molecule has 0 aromatic heterocycles. The lowest BCUT2D eigenvalue weighted by atomic mass is 10.2. The third kappa shape index (κ3) is 4.19. The number of hydrogen-bond acceptors (Lipinski definition) is 3. The van der Waals surface area contributed by atoms with Crippen LogP contribution >= 0.6 is 12.2 Å². The molecule has 0 saturated carbocycles. The summed E-state index contributed by atoms with van der Waals surface area (Å²) in [6, 6.07) is 3.73. The zero-order valence-corrected chi connectivity index (χ0v) is 11.4. The third-order valence-electron chi connectivity index (χ3n) is 3.25. The third-order valence-corrected chi connectivity index (χ3v) is 3.38. The van der Waals surface area contributed by atoms with Crippen molar-refractivity contribution in [2.45, 2.75) is 6.54 Å². The zero-order valence-electron chi connectivity index (χ0n) is 10.6. The predicted molar refractivity (Wildman–Crippen MR) is 74.9 cm³/mol. The van der Waals surface area contributed by atoms with Crippen LogP contribution in [-0.4, -0.2) is 47.5 Å². The fourth-order valence-electron chi connectivity index (χ4n) is 2.22. The van der Waals surface area contributed by atoms with Crippen molar-refractivity contribution >= 4 is 17.2 Å². The Morgan fingerprint density at radius 2 is 1.79 bits per heavy atom. The van der Waals surface area contributed by atoms with Crippen LogP contribution in [0.4, 0.5) is 8.78 Å². The molecule has 2 N–H and O–H groups in total. The Hall–Kier alpha value is -1.11. The minimum absolute atomic E-state index is 0.481. The molecule has 1 heterocycles. The molecule has 0 spiro atoms. The highest BCUT2D eigenvalue weighted by Crippen LogP contribution is 2.13. The van der Waals surface area contributed by atoms with Crippen LogP contribution in [0.5, 0.6) is 0 Å². The molecule has 1 aromatic carbocycles. The van der Waals surface area contributed by atoms with Crippen LogP contribution in [0, 0.1) is 11.6 Å². The summed E-state index contributed by atoms with van der Waals surface area (Å²) in [5, 5.41) is 0. The molecule has 0 bridgehead atoms. The summed E-state index contributed by atoms with van der Waals surface area (Å²) in [6.45, 7) is 4.53. The van der Waals surface area contributed by atoms with Crippen LogP contribution in [0.2, 0.25) is 0 Å². The van der Waals surface area contributed by atoms with Gasteiger partial charge in [0.2, 0.25) is 0 Å². The first-order chi connectivity index (χ1) is 9.04. The van der Waals surface area contributed by atoms with Gasteiger partial charge in [-0.25, -0.2) is 8.78 Å². The number of benzene rings is 1. The van der Waals surface area contributed by atoms with Crippen molar-refractivity contribution in [3.05, 3.63) is 35.4 Å². The second-order valence-electron chi connectivity index (χ2n) is 4.75. The largest absolute Gasteiger partial charge is 0.392 e. The number of thiocarbonyl (C=S) groups is 1. The maximum atomic E-state index is 13.5. The first-order valence-corrected chi connectivity index (χ1v) is 6.62. The van der Waals surface area contributed by atoms with E-state index in [1.54, 1.807) is 0 Å². The molecule has 104 valence electrons. The van der Waals surface area contributed by atoms with Gasteiger partial charge in [-0.2, -0.15) is 0 Å². The van der Waals surface area contributed by atoms with Gasteiger partial charge in [-0.15, -0.1) is 0 Å². The number of nitrogens with two attached hydrogens (primary N) is 1. The Morgan fingerprint density at radius 3 is 2.37 bits per heavy atom. The maximum absolute atomic E-state index is 13.5. The zero-order chi connectivity index (χ0) is 13.8. The molecule has 3 nitrogen and oxygen atoms in total. The number of rotatable bonds is 4. The Bertz CT molecular complexity index is 459. The van der Waals surface area contributed by atoms with E-state index in [0.29, 0.717) is 23.6 Å². The number of piperazine rings is 1. The highest BCUT2D eigenvalue weighted by atomic mass is 32.1. The van der Waals surface area contributed by atoms with Crippen molar-refractivity contribution in [1.82, 2.24) is 9.80 Å². The molecule has 1 aliphatic heterocycles. The molecule has 1 aliphatic rings. The molecule has 2 rings (SSSR count). The Labute approximate surface area is 117 Å². The summed E-state index contributed by atoms with van der Waals surface area (Å²) in [4.78, 5) is 4.82. The minimum Gasteiger partial charge on any atom is -0.392 e. The molecular weight excluding hydrogens is 268 g/mol. The Balaban J connectivity index is 1.87. The van der Waals surface area contributed by atoms with Gasteiger partial charge in [0.25, 0.3) is 0 Å².